The topological polar surface area (TPSA) is 32.3 Å². The maximum atomic E-state index is 12.0. The van der Waals surface area contributed by atoms with Crippen LogP contribution in [0, 0.1) is 6.92 Å². The average Bonchev–Trinajstić information content (AvgIpc) is 2.38. The number of carbonyl (C=O) groups is 1. The Labute approximate surface area is 109 Å². The Kier molecular flexibility index (Phi) is 4.02. The van der Waals surface area contributed by atoms with Gasteiger partial charge in [0.2, 0.25) is 0 Å². The molecule has 1 heterocycles. The van der Waals surface area contributed by atoms with Gasteiger partial charge in [-0.15, -0.1) is 0 Å². The molecule has 1 aliphatic heterocycles. The van der Waals surface area contributed by atoms with E-state index in [0.717, 1.165) is 18.7 Å². The van der Waals surface area contributed by atoms with Crippen LogP contribution in [0.5, 0.6) is 0 Å². The van der Waals surface area contributed by atoms with Gasteiger partial charge < -0.3 is 10.2 Å². The molecule has 0 atom stereocenters. The third kappa shape index (κ3) is 2.91. The highest BCUT2D eigenvalue weighted by atomic mass is 16.2. The molecule has 3 heteroatoms. The van der Waals surface area contributed by atoms with Crippen molar-refractivity contribution in [3.8, 4) is 0 Å². The van der Waals surface area contributed by atoms with Gasteiger partial charge in [0.25, 0.3) is 5.91 Å². The quantitative estimate of drug-likeness (QED) is 0.867. The standard InChI is InChI=1S/C15H22N2O/c1-11-8-13(12-4-6-16-7-5-12)10-14(9-11)15(18)17(2)3/h8-10,12,16H,4-7H2,1-3H3. The average molecular weight is 246 g/mol. The van der Waals surface area contributed by atoms with Crippen molar-refractivity contribution in [1.82, 2.24) is 10.2 Å². The summed E-state index contributed by atoms with van der Waals surface area (Å²) >= 11 is 0. The summed E-state index contributed by atoms with van der Waals surface area (Å²) in [6, 6.07) is 6.28. The van der Waals surface area contributed by atoms with E-state index >= 15 is 0 Å². The molecular formula is C15H22N2O. The predicted molar refractivity (Wildman–Crippen MR) is 74.0 cm³/mol. The molecule has 1 aromatic rings. The van der Waals surface area contributed by atoms with E-state index in [1.165, 1.54) is 24.0 Å². The van der Waals surface area contributed by atoms with Crippen LogP contribution in [-0.4, -0.2) is 38.0 Å². The molecule has 0 unspecified atom stereocenters. The van der Waals surface area contributed by atoms with Crippen molar-refractivity contribution in [3.05, 3.63) is 34.9 Å². The van der Waals surface area contributed by atoms with Gasteiger partial charge in [-0.2, -0.15) is 0 Å². The maximum Gasteiger partial charge on any atom is 0.253 e. The number of piperidine rings is 1. The lowest BCUT2D eigenvalue weighted by Gasteiger charge is -2.24. The van der Waals surface area contributed by atoms with Crippen LogP contribution in [0.25, 0.3) is 0 Å². The van der Waals surface area contributed by atoms with Crippen molar-refractivity contribution in [3.63, 3.8) is 0 Å². The molecule has 0 bridgehead atoms. The highest BCUT2D eigenvalue weighted by Crippen LogP contribution is 2.27. The number of nitrogens with zero attached hydrogens (tertiary/aromatic N) is 1. The number of benzene rings is 1. The number of hydrogen-bond donors (Lipinski definition) is 1. The maximum absolute atomic E-state index is 12.0. The molecule has 98 valence electrons. The lowest BCUT2D eigenvalue weighted by molar-refractivity contribution is 0.0827. The van der Waals surface area contributed by atoms with Crippen molar-refractivity contribution in [2.45, 2.75) is 25.7 Å². The number of hydrogen-bond acceptors (Lipinski definition) is 2. The Bertz CT molecular complexity index is 434. The van der Waals surface area contributed by atoms with E-state index in [1.54, 1.807) is 19.0 Å². The van der Waals surface area contributed by atoms with Crippen LogP contribution >= 0.6 is 0 Å². The summed E-state index contributed by atoms with van der Waals surface area (Å²) in [5.41, 5.74) is 3.31. The fourth-order valence-electron chi connectivity index (χ4n) is 2.59. The monoisotopic (exact) mass is 246 g/mol. The number of carbonyl (C=O) groups excluding carboxylic acids is 1. The fourth-order valence-corrected chi connectivity index (χ4v) is 2.59. The summed E-state index contributed by atoms with van der Waals surface area (Å²) in [5, 5.41) is 3.38. The van der Waals surface area contributed by atoms with Crippen LogP contribution < -0.4 is 5.32 Å². The Morgan fingerprint density at radius 1 is 1.22 bits per heavy atom. The predicted octanol–water partition coefficient (Wildman–Crippen LogP) is 2.16. The molecule has 2 rings (SSSR count). The molecule has 0 radical (unpaired) electrons. The number of amides is 1. The Morgan fingerprint density at radius 2 is 1.89 bits per heavy atom. The normalized spacial score (nSPS) is 16.6. The minimum absolute atomic E-state index is 0.0916. The number of aryl methyl sites for hydroxylation is 1. The van der Waals surface area contributed by atoms with Crippen molar-refractivity contribution in [2.24, 2.45) is 0 Å². The number of nitrogens with one attached hydrogen (secondary N) is 1. The van der Waals surface area contributed by atoms with Gasteiger partial charge in [-0.3, -0.25) is 4.79 Å². The second kappa shape index (κ2) is 5.53. The molecule has 0 spiro atoms. The molecule has 18 heavy (non-hydrogen) atoms. The van der Waals surface area contributed by atoms with Gasteiger partial charge in [0.05, 0.1) is 0 Å². The molecule has 3 nitrogen and oxygen atoms in total. The molecular weight excluding hydrogens is 224 g/mol. The molecule has 0 aliphatic carbocycles. The largest absolute Gasteiger partial charge is 0.345 e. The van der Waals surface area contributed by atoms with Gasteiger partial charge in [0.1, 0.15) is 0 Å². The smallest absolute Gasteiger partial charge is 0.253 e. The molecule has 1 amide bonds. The summed E-state index contributed by atoms with van der Waals surface area (Å²) in [7, 11) is 3.60. The molecule has 1 saturated heterocycles. The summed E-state index contributed by atoms with van der Waals surface area (Å²) in [6.45, 7) is 4.22. The highest BCUT2D eigenvalue weighted by Gasteiger charge is 2.17. The van der Waals surface area contributed by atoms with Crippen LogP contribution in [0.4, 0.5) is 0 Å². The van der Waals surface area contributed by atoms with Crippen molar-refractivity contribution < 1.29 is 4.79 Å². The van der Waals surface area contributed by atoms with E-state index in [9.17, 15) is 4.79 Å². The van der Waals surface area contributed by atoms with Crippen LogP contribution in [-0.2, 0) is 0 Å². The van der Waals surface area contributed by atoms with Gasteiger partial charge in [0, 0.05) is 19.7 Å². The molecule has 1 N–H and O–H groups in total. The van der Waals surface area contributed by atoms with Crippen molar-refractivity contribution in [2.75, 3.05) is 27.2 Å². The Hall–Kier alpha value is -1.35. The minimum atomic E-state index is 0.0916. The van der Waals surface area contributed by atoms with Gasteiger partial charge in [-0.25, -0.2) is 0 Å². The van der Waals surface area contributed by atoms with E-state index in [1.807, 2.05) is 6.07 Å². The summed E-state index contributed by atoms with van der Waals surface area (Å²) in [5.74, 6) is 0.689. The first-order valence-corrected chi connectivity index (χ1v) is 6.62. The Morgan fingerprint density at radius 3 is 2.50 bits per heavy atom. The summed E-state index contributed by atoms with van der Waals surface area (Å²) < 4.78 is 0. The lowest BCUT2D eigenvalue weighted by Crippen LogP contribution is -2.27. The van der Waals surface area contributed by atoms with E-state index in [2.05, 4.69) is 24.4 Å². The van der Waals surface area contributed by atoms with Crippen molar-refractivity contribution >= 4 is 5.91 Å². The van der Waals surface area contributed by atoms with E-state index in [0.29, 0.717) is 5.92 Å². The minimum Gasteiger partial charge on any atom is -0.345 e. The first-order valence-electron chi connectivity index (χ1n) is 6.62. The molecule has 1 aliphatic rings. The van der Waals surface area contributed by atoms with Crippen LogP contribution in [0.2, 0.25) is 0 Å². The van der Waals surface area contributed by atoms with Gasteiger partial charge in [0.15, 0.2) is 0 Å². The zero-order valence-electron chi connectivity index (χ0n) is 11.5. The third-order valence-electron chi connectivity index (χ3n) is 3.56. The fraction of sp³-hybridized carbons (Fsp3) is 0.533. The first kappa shape index (κ1) is 13.1. The van der Waals surface area contributed by atoms with Crippen molar-refractivity contribution in [1.29, 1.82) is 0 Å². The third-order valence-corrected chi connectivity index (χ3v) is 3.56. The zero-order valence-corrected chi connectivity index (χ0v) is 11.5. The molecule has 1 aromatic carbocycles. The highest BCUT2D eigenvalue weighted by molar-refractivity contribution is 5.94. The SMILES string of the molecule is Cc1cc(C(=O)N(C)C)cc(C2CCNCC2)c1. The van der Waals surface area contributed by atoms with Crippen LogP contribution in [0.15, 0.2) is 18.2 Å². The molecule has 1 fully saturated rings. The van der Waals surface area contributed by atoms with Gasteiger partial charge >= 0.3 is 0 Å². The van der Waals surface area contributed by atoms with Gasteiger partial charge in [-0.1, -0.05) is 11.6 Å². The number of rotatable bonds is 2. The van der Waals surface area contributed by atoms with E-state index in [-0.39, 0.29) is 5.91 Å². The molecule has 0 aromatic heterocycles. The Balaban J connectivity index is 2.28. The molecule has 0 saturated carbocycles. The van der Waals surface area contributed by atoms with Crippen LogP contribution in [0.1, 0.15) is 40.2 Å². The van der Waals surface area contributed by atoms with Gasteiger partial charge in [-0.05, 0) is 56.5 Å². The summed E-state index contributed by atoms with van der Waals surface area (Å²) in [6.07, 6.45) is 2.33. The van der Waals surface area contributed by atoms with E-state index < -0.39 is 0 Å². The van der Waals surface area contributed by atoms with Crippen LogP contribution in [0.3, 0.4) is 0 Å². The lowest BCUT2D eigenvalue weighted by atomic mass is 9.88. The zero-order chi connectivity index (χ0) is 13.1. The second-order valence-electron chi connectivity index (χ2n) is 5.36. The first-order chi connectivity index (χ1) is 8.58. The van der Waals surface area contributed by atoms with E-state index in [4.69, 9.17) is 0 Å². The summed E-state index contributed by atoms with van der Waals surface area (Å²) in [4.78, 5) is 13.7. The second-order valence-corrected chi connectivity index (χ2v) is 5.36.